The summed E-state index contributed by atoms with van der Waals surface area (Å²) in [5, 5.41) is 2.62. The molecule has 7 nitrogen and oxygen atoms in total. The number of primary amides is 1. The molecule has 0 bridgehead atoms. The zero-order chi connectivity index (χ0) is 15.2. The number of piperidine rings is 1. The maximum atomic E-state index is 11.8. The minimum absolute atomic E-state index is 0. The van der Waals surface area contributed by atoms with E-state index in [9.17, 15) is 9.59 Å². The van der Waals surface area contributed by atoms with Crippen LogP contribution in [0.5, 0.6) is 0 Å². The number of halogens is 2. The van der Waals surface area contributed by atoms with Gasteiger partial charge < -0.3 is 21.7 Å². The van der Waals surface area contributed by atoms with E-state index in [2.05, 4.69) is 15.2 Å². The summed E-state index contributed by atoms with van der Waals surface area (Å²) in [4.78, 5) is 29.1. The van der Waals surface area contributed by atoms with Crippen molar-refractivity contribution in [3.05, 3.63) is 18.3 Å². The van der Waals surface area contributed by atoms with Crippen molar-refractivity contribution >= 4 is 48.1 Å². The SMILES string of the molecule is Cl.Cl.NC(=O)CC(N)C(=O)Nc1ccc(N2CCCCC2)nc1. The van der Waals surface area contributed by atoms with Crippen LogP contribution in [-0.4, -0.2) is 35.9 Å². The van der Waals surface area contributed by atoms with E-state index in [-0.39, 0.29) is 31.2 Å². The number of pyridine rings is 1. The first-order valence-corrected chi connectivity index (χ1v) is 7.12. The van der Waals surface area contributed by atoms with E-state index in [1.165, 1.54) is 19.3 Å². The molecule has 1 saturated heterocycles. The Morgan fingerprint density at radius 1 is 1.22 bits per heavy atom. The molecular formula is C14H23Cl2N5O2. The maximum absolute atomic E-state index is 11.8. The van der Waals surface area contributed by atoms with E-state index >= 15 is 0 Å². The first-order chi connectivity index (χ1) is 10.1. The minimum atomic E-state index is -0.940. The van der Waals surface area contributed by atoms with Crippen LogP contribution in [0.15, 0.2) is 18.3 Å². The molecule has 130 valence electrons. The summed E-state index contributed by atoms with van der Waals surface area (Å²) < 4.78 is 0. The molecule has 1 aliphatic heterocycles. The standard InChI is InChI=1S/C14H21N5O2.2ClH/c15-11(8-12(16)20)14(21)18-10-4-5-13(17-9-10)19-6-2-1-3-7-19;;/h4-5,9,11H,1-3,6-8,15H2,(H2,16,20)(H,18,21);2*1H. The summed E-state index contributed by atoms with van der Waals surface area (Å²) in [6.45, 7) is 2.03. The fraction of sp³-hybridized carbons (Fsp3) is 0.500. The number of nitrogens with two attached hydrogens (primary N) is 2. The number of rotatable bonds is 5. The third-order valence-electron chi connectivity index (χ3n) is 3.45. The smallest absolute Gasteiger partial charge is 0.241 e. The van der Waals surface area contributed by atoms with Gasteiger partial charge in [-0.05, 0) is 31.4 Å². The highest BCUT2D eigenvalue weighted by atomic mass is 35.5. The second-order valence-electron chi connectivity index (χ2n) is 5.22. The van der Waals surface area contributed by atoms with Crippen LogP contribution in [0.4, 0.5) is 11.5 Å². The lowest BCUT2D eigenvalue weighted by atomic mass is 10.1. The quantitative estimate of drug-likeness (QED) is 0.723. The van der Waals surface area contributed by atoms with Crippen LogP contribution in [0.25, 0.3) is 0 Å². The molecule has 23 heavy (non-hydrogen) atoms. The van der Waals surface area contributed by atoms with Crippen LogP contribution in [0.3, 0.4) is 0 Å². The molecule has 0 spiro atoms. The number of aromatic nitrogens is 1. The van der Waals surface area contributed by atoms with Crippen LogP contribution in [0.2, 0.25) is 0 Å². The highest BCUT2D eigenvalue weighted by molar-refractivity contribution is 5.97. The average Bonchev–Trinajstić information content (AvgIpc) is 2.48. The van der Waals surface area contributed by atoms with E-state index < -0.39 is 17.9 Å². The lowest BCUT2D eigenvalue weighted by Crippen LogP contribution is -2.39. The summed E-state index contributed by atoms with van der Waals surface area (Å²) in [7, 11) is 0. The lowest BCUT2D eigenvalue weighted by Gasteiger charge is -2.27. The molecule has 2 heterocycles. The Morgan fingerprint density at radius 3 is 2.39 bits per heavy atom. The van der Waals surface area contributed by atoms with Crippen molar-refractivity contribution in [2.75, 3.05) is 23.3 Å². The third kappa shape index (κ3) is 6.60. The molecule has 2 rings (SSSR count). The largest absolute Gasteiger partial charge is 0.370 e. The summed E-state index contributed by atoms with van der Waals surface area (Å²) in [5.74, 6) is -0.133. The molecule has 1 aromatic heterocycles. The molecule has 0 aromatic carbocycles. The topological polar surface area (TPSA) is 114 Å². The van der Waals surface area contributed by atoms with Gasteiger partial charge >= 0.3 is 0 Å². The van der Waals surface area contributed by atoms with Crippen molar-refractivity contribution in [1.82, 2.24) is 4.98 Å². The second kappa shape index (κ2) is 10.3. The monoisotopic (exact) mass is 363 g/mol. The number of anilines is 2. The predicted octanol–water partition coefficient (Wildman–Crippen LogP) is 1.06. The van der Waals surface area contributed by atoms with E-state index in [0.29, 0.717) is 5.69 Å². The van der Waals surface area contributed by atoms with Gasteiger partial charge in [-0.15, -0.1) is 24.8 Å². The van der Waals surface area contributed by atoms with Gasteiger partial charge in [0, 0.05) is 13.1 Å². The van der Waals surface area contributed by atoms with Gasteiger partial charge in [-0.3, -0.25) is 9.59 Å². The van der Waals surface area contributed by atoms with Gasteiger partial charge in [0.25, 0.3) is 0 Å². The fourth-order valence-corrected chi connectivity index (χ4v) is 2.31. The van der Waals surface area contributed by atoms with Gasteiger partial charge in [-0.2, -0.15) is 0 Å². The first kappa shape index (κ1) is 21.4. The minimum Gasteiger partial charge on any atom is -0.370 e. The molecule has 1 fully saturated rings. The van der Waals surface area contributed by atoms with Crippen LogP contribution in [0.1, 0.15) is 25.7 Å². The molecule has 0 aliphatic carbocycles. The Labute approximate surface area is 148 Å². The van der Waals surface area contributed by atoms with Crippen molar-refractivity contribution in [2.24, 2.45) is 11.5 Å². The summed E-state index contributed by atoms with van der Waals surface area (Å²) in [6.07, 6.45) is 5.05. The van der Waals surface area contributed by atoms with Gasteiger partial charge in [-0.25, -0.2) is 4.98 Å². The van der Waals surface area contributed by atoms with Crippen molar-refractivity contribution in [3.8, 4) is 0 Å². The fourth-order valence-electron chi connectivity index (χ4n) is 2.31. The Bertz CT molecular complexity index is 506. The summed E-state index contributed by atoms with van der Waals surface area (Å²) >= 11 is 0. The van der Waals surface area contributed by atoms with E-state index in [4.69, 9.17) is 11.5 Å². The van der Waals surface area contributed by atoms with Crippen molar-refractivity contribution in [1.29, 1.82) is 0 Å². The Kier molecular flexibility index (Phi) is 9.55. The van der Waals surface area contributed by atoms with Gasteiger partial charge in [0.1, 0.15) is 5.82 Å². The molecule has 1 aromatic rings. The second-order valence-corrected chi connectivity index (χ2v) is 5.22. The lowest BCUT2D eigenvalue weighted by molar-refractivity contribution is -0.123. The number of amides is 2. The highest BCUT2D eigenvalue weighted by Gasteiger charge is 2.16. The Balaban J connectivity index is 0.00000242. The summed E-state index contributed by atoms with van der Waals surface area (Å²) in [5.41, 5.74) is 11.1. The van der Waals surface area contributed by atoms with Crippen molar-refractivity contribution in [3.63, 3.8) is 0 Å². The van der Waals surface area contributed by atoms with E-state index in [1.54, 1.807) is 12.3 Å². The number of carbonyl (C=O) groups excluding carboxylic acids is 2. The van der Waals surface area contributed by atoms with Crippen LogP contribution >= 0.6 is 24.8 Å². The molecule has 9 heteroatoms. The normalized spacial score (nSPS) is 14.9. The van der Waals surface area contributed by atoms with Crippen LogP contribution in [0, 0.1) is 0 Å². The zero-order valence-electron chi connectivity index (χ0n) is 12.7. The van der Waals surface area contributed by atoms with Crippen LogP contribution < -0.4 is 21.7 Å². The van der Waals surface area contributed by atoms with E-state index in [1.807, 2.05) is 6.07 Å². The molecule has 1 aliphatic rings. The van der Waals surface area contributed by atoms with Gasteiger partial charge in [0.2, 0.25) is 11.8 Å². The molecule has 5 N–H and O–H groups in total. The van der Waals surface area contributed by atoms with Gasteiger partial charge in [0.15, 0.2) is 0 Å². The average molecular weight is 364 g/mol. The van der Waals surface area contributed by atoms with E-state index in [0.717, 1.165) is 18.9 Å². The first-order valence-electron chi connectivity index (χ1n) is 7.12. The Hall–Kier alpha value is -1.57. The molecular weight excluding hydrogens is 341 g/mol. The molecule has 2 amide bonds. The Morgan fingerprint density at radius 2 is 1.87 bits per heavy atom. The van der Waals surface area contributed by atoms with Crippen molar-refractivity contribution in [2.45, 2.75) is 31.7 Å². The predicted molar refractivity (Wildman–Crippen MR) is 95.2 cm³/mol. The molecule has 0 radical (unpaired) electrons. The molecule has 0 saturated carbocycles. The molecule has 1 unspecified atom stereocenters. The highest BCUT2D eigenvalue weighted by Crippen LogP contribution is 2.18. The number of carbonyl (C=O) groups is 2. The third-order valence-corrected chi connectivity index (χ3v) is 3.45. The summed E-state index contributed by atoms with van der Waals surface area (Å²) in [6, 6.07) is 2.72. The van der Waals surface area contributed by atoms with Crippen LogP contribution in [-0.2, 0) is 9.59 Å². The number of hydrogen-bond acceptors (Lipinski definition) is 5. The maximum Gasteiger partial charge on any atom is 0.241 e. The number of nitrogens with one attached hydrogen (secondary N) is 1. The van der Waals surface area contributed by atoms with Crippen molar-refractivity contribution < 1.29 is 9.59 Å². The van der Waals surface area contributed by atoms with Gasteiger partial charge in [-0.1, -0.05) is 0 Å². The zero-order valence-corrected chi connectivity index (χ0v) is 14.4. The molecule has 1 atom stereocenters. The van der Waals surface area contributed by atoms with Gasteiger partial charge in [0.05, 0.1) is 24.3 Å². The number of nitrogens with zero attached hydrogens (tertiary/aromatic N) is 2. The number of hydrogen-bond donors (Lipinski definition) is 3.